The maximum Gasteiger partial charge on any atom is 0.262 e. The molecule has 0 aliphatic heterocycles. The zero-order chi connectivity index (χ0) is 22.5. The number of aryl methyl sites for hydroxylation is 1. The van der Waals surface area contributed by atoms with Crippen molar-refractivity contribution in [2.75, 3.05) is 25.0 Å². The summed E-state index contributed by atoms with van der Waals surface area (Å²) in [5.74, 6) is -0.0362. The van der Waals surface area contributed by atoms with E-state index in [1.54, 1.807) is 13.8 Å². The molecule has 0 heterocycles. The number of carbonyl (C=O) groups excluding carboxylic acids is 1. The lowest BCUT2D eigenvalue weighted by molar-refractivity contribution is -0.118. The van der Waals surface area contributed by atoms with Gasteiger partial charge in [0.05, 0.1) is 0 Å². The van der Waals surface area contributed by atoms with E-state index >= 15 is 0 Å². The average molecular weight is 453 g/mol. The van der Waals surface area contributed by atoms with Crippen LogP contribution in [0.2, 0.25) is 5.02 Å². The van der Waals surface area contributed by atoms with Gasteiger partial charge in [-0.25, -0.2) is 8.42 Å². The molecule has 2 rings (SSSR count). The van der Waals surface area contributed by atoms with E-state index in [0.29, 0.717) is 13.1 Å². The van der Waals surface area contributed by atoms with Crippen LogP contribution in [0.4, 0.5) is 5.69 Å². The van der Waals surface area contributed by atoms with Crippen LogP contribution in [0.3, 0.4) is 0 Å². The number of amides is 1. The van der Waals surface area contributed by atoms with E-state index in [1.165, 1.54) is 22.5 Å². The van der Waals surface area contributed by atoms with E-state index in [1.807, 2.05) is 25.1 Å². The minimum absolute atomic E-state index is 0.0507. The largest absolute Gasteiger partial charge is 0.482 e. The van der Waals surface area contributed by atoms with Crippen molar-refractivity contribution < 1.29 is 17.9 Å². The number of nitrogens with one attached hydrogen (secondary N) is 1. The van der Waals surface area contributed by atoms with Gasteiger partial charge in [-0.05, 0) is 42.2 Å². The van der Waals surface area contributed by atoms with Gasteiger partial charge in [0.15, 0.2) is 6.61 Å². The Bertz CT molecular complexity index is 1000. The molecule has 1 amide bonds. The van der Waals surface area contributed by atoms with Gasteiger partial charge in [0.2, 0.25) is 10.0 Å². The predicted octanol–water partition coefficient (Wildman–Crippen LogP) is 4.82. The van der Waals surface area contributed by atoms with Crippen molar-refractivity contribution in [2.24, 2.45) is 0 Å². The summed E-state index contributed by atoms with van der Waals surface area (Å²) in [5.41, 5.74) is 2.73. The summed E-state index contributed by atoms with van der Waals surface area (Å²) in [6, 6.07) is 10.2. The molecule has 8 heteroatoms. The zero-order valence-electron chi connectivity index (χ0n) is 18.0. The molecule has 0 atom stereocenters. The molecule has 0 radical (unpaired) electrons. The van der Waals surface area contributed by atoms with Crippen LogP contribution in [0.1, 0.15) is 44.7 Å². The monoisotopic (exact) mass is 452 g/mol. The number of nitrogens with zero attached hydrogens (tertiary/aromatic N) is 1. The van der Waals surface area contributed by atoms with E-state index in [2.05, 4.69) is 19.2 Å². The molecule has 0 aliphatic carbocycles. The summed E-state index contributed by atoms with van der Waals surface area (Å²) in [7, 11) is -3.79. The molecule has 0 bridgehead atoms. The topological polar surface area (TPSA) is 75.7 Å². The Labute approximate surface area is 184 Å². The van der Waals surface area contributed by atoms with E-state index in [0.717, 1.165) is 16.8 Å². The number of anilines is 1. The average Bonchev–Trinajstić information content (AvgIpc) is 2.69. The van der Waals surface area contributed by atoms with Gasteiger partial charge < -0.3 is 10.1 Å². The van der Waals surface area contributed by atoms with Crippen LogP contribution in [0.5, 0.6) is 5.75 Å². The molecule has 0 unspecified atom stereocenters. The van der Waals surface area contributed by atoms with Crippen LogP contribution in [-0.2, 0) is 14.8 Å². The molecule has 0 spiro atoms. The number of carbonyl (C=O) groups is 1. The van der Waals surface area contributed by atoms with Gasteiger partial charge in [-0.2, -0.15) is 4.31 Å². The van der Waals surface area contributed by atoms with Gasteiger partial charge in [0, 0.05) is 23.8 Å². The summed E-state index contributed by atoms with van der Waals surface area (Å²) in [6.45, 7) is 9.86. The maximum atomic E-state index is 13.0. The van der Waals surface area contributed by atoms with E-state index < -0.39 is 10.0 Å². The quantitative estimate of drug-likeness (QED) is 0.591. The van der Waals surface area contributed by atoms with Crippen LogP contribution < -0.4 is 10.1 Å². The lowest BCUT2D eigenvalue weighted by atomic mass is 9.98. The highest BCUT2D eigenvalue weighted by molar-refractivity contribution is 7.89. The summed E-state index contributed by atoms with van der Waals surface area (Å²) < 4.78 is 32.8. The molecule has 0 saturated heterocycles. The number of halogens is 1. The summed E-state index contributed by atoms with van der Waals surface area (Å²) in [6.07, 6.45) is 0. The van der Waals surface area contributed by atoms with Crippen LogP contribution in [0, 0.1) is 6.92 Å². The number of para-hydroxylation sites is 1. The lowest BCUT2D eigenvalue weighted by Gasteiger charge is -2.21. The fourth-order valence-corrected chi connectivity index (χ4v) is 5.02. The van der Waals surface area contributed by atoms with Crippen LogP contribution in [0.25, 0.3) is 0 Å². The fraction of sp³-hybridized carbons (Fsp3) is 0.409. The molecule has 0 aromatic heterocycles. The van der Waals surface area contributed by atoms with Crippen molar-refractivity contribution in [3.63, 3.8) is 0 Å². The molecular weight excluding hydrogens is 424 g/mol. The number of benzene rings is 2. The molecule has 0 aliphatic rings. The van der Waals surface area contributed by atoms with Gasteiger partial charge in [-0.1, -0.05) is 57.5 Å². The smallest absolute Gasteiger partial charge is 0.262 e. The number of hydrogen-bond donors (Lipinski definition) is 1. The Morgan fingerprint density at radius 3 is 2.43 bits per heavy atom. The molecule has 6 nitrogen and oxygen atoms in total. The standard InChI is InChI=1S/C22H29ClN2O4S/c1-6-25(7-2)30(27,28)20-13-17(23)11-12-19(20)29-14-21(26)24-22-16(5)9-8-10-18(22)15(3)4/h8-13,15H,6-7,14H2,1-5H3,(H,24,26). The second-order valence-electron chi connectivity index (χ2n) is 7.21. The highest BCUT2D eigenvalue weighted by Gasteiger charge is 2.26. The minimum atomic E-state index is -3.79. The third-order valence-electron chi connectivity index (χ3n) is 4.78. The SMILES string of the molecule is CCN(CC)S(=O)(=O)c1cc(Cl)ccc1OCC(=O)Nc1c(C)cccc1C(C)C. The van der Waals surface area contributed by atoms with Crippen molar-refractivity contribution in [1.82, 2.24) is 4.31 Å². The number of hydrogen-bond acceptors (Lipinski definition) is 4. The Kier molecular flexibility index (Phi) is 8.29. The highest BCUT2D eigenvalue weighted by Crippen LogP contribution is 2.30. The Hall–Kier alpha value is -2.09. The van der Waals surface area contributed by atoms with Crippen LogP contribution >= 0.6 is 11.6 Å². The van der Waals surface area contributed by atoms with Crippen molar-refractivity contribution in [3.05, 3.63) is 52.5 Å². The van der Waals surface area contributed by atoms with E-state index in [9.17, 15) is 13.2 Å². The Morgan fingerprint density at radius 1 is 1.17 bits per heavy atom. The second-order valence-corrected chi connectivity index (χ2v) is 9.55. The summed E-state index contributed by atoms with van der Waals surface area (Å²) >= 11 is 6.03. The van der Waals surface area contributed by atoms with Gasteiger partial charge in [0.1, 0.15) is 10.6 Å². The number of ether oxygens (including phenoxy) is 1. The zero-order valence-corrected chi connectivity index (χ0v) is 19.6. The van der Waals surface area contributed by atoms with Gasteiger partial charge in [-0.3, -0.25) is 4.79 Å². The van der Waals surface area contributed by atoms with Crippen molar-refractivity contribution >= 4 is 33.2 Å². The first-order chi connectivity index (χ1) is 14.1. The third kappa shape index (κ3) is 5.53. The lowest BCUT2D eigenvalue weighted by Crippen LogP contribution is -2.31. The number of rotatable bonds is 9. The maximum absolute atomic E-state index is 13.0. The molecule has 0 saturated carbocycles. The fourth-order valence-electron chi connectivity index (χ4n) is 3.17. The molecule has 0 fully saturated rings. The first-order valence-corrected chi connectivity index (χ1v) is 11.7. The number of sulfonamides is 1. The Balaban J connectivity index is 2.24. The first kappa shape index (κ1) is 24.2. The van der Waals surface area contributed by atoms with Crippen LogP contribution in [0.15, 0.2) is 41.3 Å². The van der Waals surface area contributed by atoms with Crippen LogP contribution in [-0.4, -0.2) is 38.3 Å². The molecule has 2 aromatic rings. The van der Waals surface area contributed by atoms with Crippen molar-refractivity contribution in [1.29, 1.82) is 0 Å². The minimum Gasteiger partial charge on any atom is -0.482 e. The molecular formula is C22H29ClN2O4S. The Morgan fingerprint density at radius 2 is 1.83 bits per heavy atom. The van der Waals surface area contributed by atoms with Crippen molar-refractivity contribution in [3.8, 4) is 5.75 Å². The molecule has 164 valence electrons. The molecule has 1 N–H and O–H groups in total. The van der Waals surface area contributed by atoms with E-state index in [-0.39, 0.29) is 34.1 Å². The first-order valence-electron chi connectivity index (χ1n) is 9.93. The van der Waals surface area contributed by atoms with Gasteiger partial charge in [0.25, 0.3) is 5.91 Å². The molecule has 30 heavy (non-hydrogen) atoms. The van der Waals surface area contributed by atoms with Gasteiger partial charge in [-0.15, -0.1) is 0 Å². The second kappa shape index (κ2) is 10.3. The van der Waals surface area contributed by atoms with E-state index in [4.69, 9.17) is 16.3 Å². The normalized spacial score (nSPS) is 11.7. The highest BCUT2D eigenvalue weighted by atomic mass is 35.5. The molecule has 2 aromatic carbocycles. The third-order valence-corrected chi connectivity index (χ3v) is 7.09. The predicted molar refractivity (Wildman–Crippen MR) is 121 cm³/mol. The van der Waals surface area contributed by atoms with Gasteiger partial charge >= 0.3 is 0 Å². The summed E-state index contributed by atoms with van der Waals surface area (Å²) in [4.78, 5) is 12.5. The van der Waals surface area contributed by atoms with Crippen molar-refractivity contribution in [2.45, 2.75) is 45.4 Å². The summed E-state index contributed by atoms with van der Waals surface area (Å²) in [5, 5.41) is 3.17.